The van der Waals surface area contributed by atoms with Crippen molar-refractivity contribution in [3.05, 3.63) is 13.2 Å². The van der Waals surface area contributed by atoms with Gasteiger partial charge in [0.1, 0.15) is 82.1 Å². The fourth-order valence-electron chi connectivity index (χ4n) is 10.8. The van der Waals surface area contributed by atoms with E-state index in [2.05, 4.69) is 55.7 Å². The molecule has 0 saturated heterocycles. The molecule has 0 radical (unpaired) electrons. The molecule has 42 heteroatoms. The second-order valence-corrected chi connectivity index (χ2v) is 29.3. The third kappa shape index (κ3) is 89.7. The van der Waals surface area contributed by atoms with Crippen molar-refractivity contribution in [2.45, 2.75) is 266 Å². The number of unbranched alkanes of at least 4 members (excludes halogenated alkanes) is 8. The average Bonchev–Trinajstić information content (AvgIpc) is 0.950. The van der Waals surface area contributed by atoms with Gasteiger partial charge in [0.2, 0.25) is 59.1 Å². The number of primary amides is 2. The van der Waals surface area contributed by atoms with Crippen LogP contribution in [0.2, 0.25) is 0 Å². The van der Waals surface area contributed by atoms with Crippen molar-refractivity contribution < 1.29 is 153 Å². The lowest BCUT2D eigenvalue weighted by atomic mass is 10.0. The molecule has 0 aromatic rings. The molecule has 4 unspecified atom stereocenters. The Morgan fingerprint density at radius 1 is 0.256 bits per heavy atom. The number of ketones is 8. The van der Waals surface area contributed by atoms with E-state index < -0.39 is 90.5 Å². The quantitative estimate of drug-likeness (QED) is 0.0137. The normalized spacial score (nSPS) is 11.4. The summed E-state index contributed by atoms with van der Waals surface area (Å²) in [4.78, 5) is 244. The third-order valence-corrected chi connectivity index (χ3v) is 17.7. The van der Waals surface area contributed by atoms with Crippen LogP contribution < -0.4 is 54.0 Å². The molecule has 0 bridgehead atoms. The summed E-state index contributed by atoms with van der Waals surface area (Å²) in [6.45, 7) is 20.3. The molecular weight excluding hydrogens is 1700 g/mol. The summed E-state index contributed by atoms with van der Waals surface area (Å²) in [7, 11) is 0. The maximum absolute atomic E-state index is 12.2. The van der Waals surface area contributed by atoms with Crippen LogP contribution in [-0.2, 0) is 153 Å². The molecule has 42 nitrogen and oxygen atoms in total. The van der Waals surface area contributed by atoms with E-state index in [1.54, 1.807) is 13.8 Å². The molecule has 0 aliphatic carbocycles. The van der Waals surface area contributed by atoms with Gasteiger partial charge in [-0.15, -0.1) is 13.2 Å². The molecule has 0 rings (SSSR count). The highest BCUT2D eigenvalue weighted by Gasteiger charge is 2.23. The van der Waals surface area contributed by atoms with E-state index in [1.807, 2.05) is 0 Å². The van der Waals surface area contributed by atoms with Crippen molar-refractivity contribution in [2.75, 3.05) is 152 Å². The molecule has 12 N–H and O–H groups in total. The minimum absolute atomic E-state index is 0.0957. The van der Waals surface area contributed by atoms with Gasteiger partial charge in [-0.1, -0.05) is 65.2 Å². The van der Waals surface area contributed by atoms with Gasteiger partial charge < -0.3 is 106 Å². The Hall–Kier alpha value is -10.1. The van der Waals surface area contributed by atoms with Crippen LogP contribution in [0, 0.1) is 0 Å². The molecule has 0 fully saturated rings. The van der Waals surface area contributed by atoms with Gasteiger partial charge in [-0.05, 0) is 78.1 Å². The molecule has 0 spiro atoms. The van der Waals surface area contributed by atoms with Crippen molar-refractivity contribution in [3.63, 3.8) is 0 Å². The van der Waals surface area contributed by atoms with Gasteiger partial charge in [0.15, 0.2) is 28.9 Å². The van der Waals surface area contributed by atoms with Crippen LogP contribution in [0.4, 0.5) is 0 Å². The van der Waals surface area contributed by atoms with E-state index in [1.165, 1.54) is 41.5 Å². The number of ether oxygens (including phenoxy) is 11. The highest BCUT2D eigenvalue weighted by molar-refractivity contribution is 5.96. The molecule has 10 amide bonds. The number of esters is 3. The Balaban J connectivity index is -0.000000984. The maximum Gasteiger partial charge on any atom is 0.313 e. The minimum atomic E-state index is -0.906. The van der Waals surface area contributed by atoms with Crippen molar-refractivity contribution in [1.82, 2.24) is 42.5 Å². The van der Waals surface area contributed by atoms with E-state index >= 15 is 0 Å². The zero-order valence-corrected chi connectivity index (χ0v) is 77.2. The molecule has 738 valence electrons. The van der Waals surface area contributed by atoms with Crippen LogP contribution >= 0.6 is 0 Å². The number of nitrogens with one attached hydrogen (secondary N) is 8. The summed E-state index contributed by atoms with van der Waals surface area (Å²) in [5, 5.41) is 20.7. The maximum atomic E-state index is 12.2. The number of hydrogen-bond donors (Lipinski definition) is 10. The Morgan fingerprint density at radius 2 is 0.488 bits per heavy atom. The molecule has 0 aliphatic rings. The molecular formula is C87H148N10O32. The lowest BCUT2D eigenvalue weighted by Crippen LogP contribution is -2.45. The van der Waals surface area contributed by atoms with Gasteiger partial charge in [0, 0.05) is 118 Å². The number of nitrogens with two attached hydrogens (primary N) is 2. The van der Waals surface area contributed by atoms with Gasteiger partial charge in [-0.3, -0.25) is 101 Å². The zero-order valence-electron chi connectivity index (χ0n) is 77.2. The van der Waals surface area contributed by atoms with Crippen molar-refractivity contribution in [3.8, 4) is 0 Å². The van der Waals surface area contributed by atoms with Gasteiger partial charge in [0.25, 0.3) is 0 Å². The van der Waals surface area contributed by atoms with E-state index in [9.17, 15) is 101 Å². The topological polar surface area (TPSA) is 608 Å². The van der Waals surface area contributed by atoms with Gasteiger partial charge in [0.05, 0.1) is 91.4 Å². The first-order valence-electron chi connectivity index (χ1n) is 43.9. The molecule has 0 saturated carbocycles. The first-order valence-corrected chi connectivity index (χ1v) is 43.9. The molecule has 0 aliphatic heterocycles. The van der Waals surface area contributed by atoms with Crippen molar-refractivity contribution >= 4 is 123 Å². The average molecular weight is 1850 g/mol. The summed E-state index contributed by atoms with van der Waals surface area (Å²) in [5.74, 6) is -6.84. The van der Waals surface area contributed by atoms with Crippen LogP contribution in [0.15, 0.2) is 13.2 Å². The molecule has 0 aromatic carbocycles. The predicted octanol–water partition coefficient (Wildman–Crippen LogP) is 1.92. The van der Waals surface area contributed by atoms with E-state index in [0.29, 0.717) is 181 Å². The minimum Gasteiger partial charge on any atom is -0.458 e. The fraction of sp³-hybridized carbons (Fsp3) is 0.736. The van der Waals surface area contributed by atoms with Crippen LogP contribution in [0.25, 0.3) is 0 Å². The van der Waals surface area contributed by atoms with Crippen LogP contribution in [0.1, 0.15) is 242 Å². The number of Topliss-reactive ketones (excluding diaryl/α,β-unsaturated/α-hetero) is 8. The highest BCUT2D eigenvalue weighted by atomic mass is 16.6. The van der Waals surface area contributed by atoms with Crippen LogP contribution in [0.5, 0.6) is 0 Å². The van der Waals surface area contributed by atoms with Gasteiger partial charge >= 0.3 is 17.9 Å². The third-order valence-electron chi connectivity index (χ3n) is 17.7. The number of carbonyl (C=O) groups is 21. The van der Waals surface area contributed by atoms with Gasteiger partial charge in [-0.2, -0.15) is 0 Å². The van der Waals surface area contributed by atoms with E-state index in [4.69, 9.17) is 63.6 Å². The number of hydrogen-bond acceptors (Lipinski definition) is 32. The second-order valence-electron chi connectivity index (χ2n) is 29.3. The molecule has 4 atom stereocenters. The number of rotatable bonds is 82. The lowest BCUT2D eigenvalue weighted by Gasteiger charge is -2.16. The molecule has 129 heavy (non-hydrogen) atoms. The Morgan fingerprint density at radius 3 is 0.767 bits per heavy atom. The fourth-order valence-corrected chi connectivity index (χ4v) is 10.8. The largest absolute Gasteiger partial charge is 0.458 e. The Kier molecular flexibility index (Phi) is 84.6. The summed E-state index contributed by atoms with van der Waals surface area (Å²) in [5.41, 5.74) is 10.8. The van der Waals surface area contributed by atoms with Crippen molar-refractivity contribution in [1.29, 1.82) is 0 Å². The summed E-state index contributed by atoms with van der Waals surface area (Å²) in [6, 6.07) is -3.13. The Bertz CT molecular complexity index is 3190. The predicted molar refractivity (Wildman–Crippen MR) is 468 cm³/mol. The summed E-state index contributed by atoms with van der Waals surface area (Å²) in [6.07, 6.45) is 11.0. The molecule has 0 aromatic heterocycles. The van der Waals surface area contributed by atoms with Gasteiger partial charge in [-0.25, -0.2) is 0 Å². The highest BCUT2D eigenvalue weighted by Crippen LogP contribution is 2.14. The van der Waals surface area contributed by atoms with E-state index in [-0.39, 0.29) is 214 Å². The first-order chi connectivity index (χ1) is 61.5. The second kappa shape index (κ2) is 87.2. The van der Waals surface area contributed by atoms with Crippen molar-refractivity contribution in [2.24, 2.45) is 11.5 Å². The number of amides is 10. The standard InChI is InChI=1S/C36H61N5O14.C34H59N5O13.C15H24O5.C2H4/c1-26(42)31(40-33(47)24-53-20-18-51-16-14-38-27(2)43)12-8-5-7-11-30(46)23-55-35(49)22-29(45)10-6-4-9-13-32(36(37)50)41-34(48)25-54-21-19-52-17-15-39-28(3)44;1-25(40)29(38-31(44)23-50-20-18-48-16-14-36-26(2)41)11-7-4-6-10-28(43)22-52-33(46)13-9-5-8-12-30(34(35)47)39-32(45)24-51-21-19-49-17-15-37-27(3)42;1-3-12(16)7-5-9-14(18)11-20-15(19)10-6-8-13(17)4-2;1-2/h31-32H,4-25H2,1-3H3,(H2,37,50)(H,38,43)(H,39,44)(H,40,47)(H,41,48);29-30H,4-24H2,1-3H3,(H2,35,47)(H,36,41)(H,37,42)(H,38,44)(H,39,45);3-11H2,1-2H3;1-2H2. The summed E-state index contributed by atoms with van der Waals surface area (Å²) >= 11 is 0. The summed E-state index contributed by atoms with van der Waals surface area (Å²) < 4.78 is 56.8. The zero-order chi connectivity index (χ0) is 97.6. The first kappa shape index (κ1) is 125. The lowest BCUT2D eigenvalue weighted by molar-refractivity contribution is -0.150. The molecule has 0 heterocycles. The Labute approximate surface area is 757 Å². The SMILES string of the molecule is C=C.CC(=O)NCCOCCOCC(=O)NC(CCCCCC(=O)COC(=O)CC(=O)CCCCCC(NC(=O)COCCOCCNC(C)=O)C(N)=O)C(C)=O.CC(=O)NCCOCCOCC(=O)NC(CCCCCC(=O)COC(=O)CCCCCC(NC(=O)COCCOCCNC(C)=O)C(N)=O)C(C)=O.CCC(=O)CCCC(=O)COC(=O)CCCC(=O)CC. The van der Waals surface area contributed by atoms with E-state index in [0.717, 1.165) is 0 Å². The monoisotopic (exact) mass is 1850 g/mol. The van der Waals surface area contributed by atoms with Crippen LogP contribution in [-0.4, -0.2) is 299 Å². The van der Waals surface area contributed by atoms with Crippen LogP contribution in [0.3, 0.4) is 0 Å². The number of carbonyl (C=O) groups excluding carboxylic acids is 21. The smallest absolute Gasteiger partial charge is 0.313 e.